The number of hydrogen-bond acceptors (Lipinski definition) is 7. The Bertz CT molecular complexity index is 1510. The quantitative estimate of drug-likeness (QED) is 0.318. The van der Waals surface area contributed by atoms with Gasteiger partial charge in [-0.05, 0) is 61.6 Å². The van der Waals surface area contributed by atoms with Gasteiger partial charge in [0.2, 0.25) is 0 Å². The van der Waals surface area contributed by atoms with Gasteiger partial charge in [0.25, 0.3) is 5.91 Å². The highest BCUT2D eigenvalue weighted by Gasteiger charge is 2.34. The molecule has 1 amide bonds. The molecular weight excluding hydrogens is 532 g/mol. The molecule has 41 heavy (non-hydrogen) atoms. The van der Waals surface area contributed by atoms with Crippen LogP contribution in [0.15, 0.2) is 24.3 Å². The van der Waals surface area contributed by atoms with Crippen LogP contribution in [-0.4, -0.2) is 41.0 Å². The number of ether oxygens (including phenoxy) is 1. The number of carbonyl (C=O) groups excluding carboxylic acids is 2. The van der Waals surface area contributed by atoms with Crippen molar-refractivity contribution in [1.82, 2.24) is 9.88 Å². The first-order valence-corrected chi connectivity index (χ1v) is 15.7. The maximum absolute atomic E-state index is 13.8. The zero-order valence-corrected chi connectivity index (χ0v) is 25.6. The summed E-state index contributed by atoms with van der Waals surface area (Å²) in [7, 11) is 0. The van der Waals surface area contributed by atoms with Gasteiger partial charge in [0, 0.05) is 41.0 Å². The molecule has 3 aromatic rings. The van der Waals surface area contributed by atoms with Gasteiger partial charge in [0.1, 0.15) is 11.1 Å². The lowest BCUT2D eigenvalue weighted by Crippen LogP contribution is -2.35. The van der Waals surface area contributed by atoms with Gasteiger partial charge in [-0.15, -0.1) is 11.3 Å². The van der Waals surface area contributed by atoms with Crippen molar-refractivity contribution in [2.45, 2.75) is 85.8 Å². The minimum absolute atomic E-state index is 0.184. The highest BCUT2D eigenvalue weighted by atomic mass is 32.1. The molecule has 3 heterocycles. The number of fused-ring (bicyclic) bond motifs is 3. The minimum Gasteiger partial charge on any atom is -0.449 e. The van der Waals surface area contributed by atoms with Crippen LogP contribution in [0.2, 0.25) is 0 Å². The third kappa shape index (κ3) is 5.89. The Hall–Kier alpha value is -3.28. The molecule has 0 radical (unpaired) electrons. The van der Waals surface area contributed by atoms with Gasteiger partial charge in [0.15, 0.2) is 6.10 Å². The van der Waals surface area contributed by atoms with Gasteiger partial charge < -0.3 is 10.1 Å². The molecule has 0 bridgehead atoms. The van der Waals surface area contributed by atoms with Crippen LogP contribution in [0.3, 0.4) is 0 Å². The van der Waals surface area contributed by atoms with Crippen LogP contribution in [0.5, 0.6) is 0 Å². The van der Waals surface area contributed by atoms with Crippen LogP contribution in [0.4, 0.5) is 5.00 Å². The topological polar surface area (TPSA) is 95.3 Å². The summed E-state index contributed by atoms with van der Waals surface area (Å²) >= 11 is 1.49. The Labute approximate surface area is 246 Å². The molecule has 0 saturated carbocycles. The number of hydrogen-bond donors (Lipinski definition) is 1. The molecule has 2 unspecified atom stereocenters. The molecule has 0 saturated heterocycles. The molecule has 1 aliphatic heterocycles. The SMILES string of the molecule is CCCN1CCc2nc3ccccc3c(C(=O)OC(CC)C(=O)Nc3sc4c(c3C#N)CCC(C(C)(C)C)C4)c2C1. The Morgan fingerprint density at radius 3 is 2.71 bits per heavy atom. The summed E-state index contributed by atoms with van der Waals surface area (Å²) in [4.78, 5) is 35.7. The highest BCUT2D eigenvalue weighted by Crippen LogP contribution is 2.44. The third-order valence-electron chi connectivity index (χ3n) is 8.62. The predicted molar refractivity (Wildman–Crippen MR) is 163 cm³/mol. The molecule has 2 aromatic heterocycles. The van der Waals surface area contributed by atoms with Gasteiger partial charge in [-0.3, -0.25) is 14.7 Å². The first-order valence-electron chi connectivity index (χ1n) is 14.8. The van der Waals surface area contributed by atoms with Crippen LogP contribution in [0.25, 0.3) is 10.9 Å². The van der Waals surface area contributed by atoms with Crippen molar-refractivity contribution in [3.8, 4) is 6.07 Å². The highest BCUT2D eigenvalue weighted by molar-refractivity contribution is 7.16. The normalized spacial score (nSPS) is 17.8. The fourth-order valence-corrected chi connectivity index (χ4v) is 7.50. The smallest absolute Gasteiger partial charge is 0.340 e. The molecule has 7 nitrogen and oxygen atoms in total. The van der Waals surface area contributed by atoms with E-state index in [-0.39, 0.29) is 5.41 Å². The van der Waals surface area contributed by atoms with Crippen molar-refractivity contribution in [3.05, 3.63) is 57.1 Å². The number of pyridine rings is 1. The number of esters is 1. The molecule has 1 N–H and O–H groups in total. The molecule has 216 valence electrons. The van der Waals surface area contributed by atoms with Crippen molar-refractivity contribution in [3.63, 3.8) is 0 Å². The van der Waals surface area contributed by atoms with Crippen LogP contribution >= 0.6 is 11.3 Å². The summed E-state index contributed by atoms with van der Waals surface area (Å²) in [6.45, 7) is 13.2. The fraction of sp³-hybridized carbons (Fsp3) is 0.515. The number of para-hydroxylation sites is 1. The van der Waals surface area contributed by atoms with Crippen molar-refractivity contribution in [2.75, 3.05) is 18.4 Å². The van der Waals surface area contributed by atoms with Gasteiger partial charge in [0.05, 0.1) is 16.6 Å². The number of nitrogens with one attached hydrogen (secondary N) is 1. The molecule has 1 aromatic carbocycles. The summed E-state index contributed by atoms with van der Waals surface area (Å²) in [6.07, 6.45) is 3.93. The summed E-state index contributed by atoms with van der Waals surface area (Å²) in [5, 5.41) is 14.2. The molecule has 0 fully saturated rings. The standard InChI is InChI=1S/C33H40N4O3S/c1-6-15-37-16-14-26-24(19-37)29(22-10-8-9-11-25(22)35-26)32(39)40-27(7-2)30(38)36-31-23(18-34)21-13-12-20(33(3,4)5)17-28(21)41-31/h8-11,20,27H,6-7,12-17,19H2,1-5H3,(H,36,38). The summed E-state index contributed by atoms with van der Waals surface area (Å²) < 4.78 is 5.95. The lowest BCUT2D eigenvalue weighted by Gasteiger charge is -2.33. The summed E-state index contributed by atoms with van der Waals surface area (Å²) in [5.74, 6) is -0.371. The Morgan fingerprint density at radius 1 is 1.22 bits per heavy atom. The van der Waals surface area contributed by atoms with Crippen LogP contribution in [0.1, 0.15) is 91.5 Å². The largest absolute Gasteiger partial charge is 0.449 e. The van der Waals surface area contributed by atoms with E-state index in [1.807, 2.05) is 31.2 Å². The van der Waals surface area contributed by atoms with Gasteiger partial charge >= 0.3 is 5.97 Å². The number of carbonyl (C=O) groups is 2. The number of benzene rings is 1. The average molecular weight is 573 g/mol. The molecule has 0 spiro atoms. The van der Waals surface area contributed by atoms with Crippen molar-refractivity contribution in [1.29, 1.82) is 5.26 Å². The maximum atomic E-state index is 13.8. The van der Waals surface area contributed by atoms with E-state index in [4.69, 9.17) is 9.72 Å². The van der Waals surface area contributed by atoms with E-state index in [1.54, 1.807) is 0 Å². The monoisotopic (exact) mass is 572 g/mol. The minimum atomic E-state index is -0.978. The fourth-order valence-electron chi connectivity index (χ4n) is 6.22. The van der Waals surface area contributed by atoms with E-state index in [9.17, 15) is 14.9 Å². The van der Waals surface area contributed by atoms with E-state index in [1.165, 1.54) is 16.2 Å². The molecular formula is C33H40N4O3S. The number of amides is 1. The van der Waals surface area contributed by atoms with Gasteiger partial charge in [-0.25, -0.2) is 4.79 Å². The van der Waals surface area contributed by atoms with Crippen LogP contribution < -0.4 is 5.32 Å². The second kappa shape index (κ2) is 11.9. The third-order valence-corrected chi connectivity index (χ3v) is 9.79. The molecule has 5 rings (SSSR count). The van der Waals surface area contributed by atoms with Gasteiger partial charge in [-0.2, -0.15) is 5.26 Å². The van der Waals surface area contributed by atoms with Crippen molar-refractivity contribution in [2.24, 2.45) is 11.3 Å². The molecule has 1 aliphatic carbocycles. The van der Waals surface area contributed by atoms with Crippen LogP contribution in [0, 0.1) is 22.7 Å². The lowest BCUT2D eigenvalue weighted by atomic mass is 9.72. The van der Waals surface area contributed by atoms with E-state index < -0.39 is 18.0 Å². The number of aromatic nitrogens is 1. The van der Waals surface area contributed by atoms with Crippen molar-refractivity contribution >= 4 is 39.1 Å². The first kappa shape index (κ1) is 29.2. The number of nitriles is 1. The van der Waals surface area contributed by atoms with E-state index in [0.717, 1.165) is 72.9 Å². The Balaban J connectivity index is 1.40. The van der Waals surface area contributed by atoms with E-state index in [0.29, 0.717) is 35.0 Å². The Kier molecular flexibility index (Phi) is 8.49. The second-order valence-electron chi connectivity index (χ2n) is 12.4. The van der Waals surface area contributed by atoms with Crippen molar-refractivity contribution < 1.29 is 14.3 Å². The zero-order valence-electron chi connectivity index (χ0n) is 24.8. The maximum Gasteiger partial charge on any atom is 0.340 e. The van der Waals surface area contributed by atoms with E-state index >= 15 is 0 Å². The zero-order chi connectivity index (χ0) is 29.3. The number of thiophene rings is 1. The molecule has 8 heteroatoms. The predicted octanol–water partition coefficient (Wildman–Crippen LogP) is 6.66. The summed E-state index contributed by atoms with van der Waals surface area (Å²) in [6, 6.07) is 9.97. The average Bonchev–Trinajstić information content (AvgIpc) is 3.30. The first-order chi connectivity index (χ1) is 19.6. The number of nitrogens with zero attached hydrogens (tertiary/aromatic N) is 3. The van der Waals surface area contributed by atoms with Crippen LogP contribution in [-0.2, 0) is 35.3 Å². The van der Waals surface area contributed by atoms with Gasteiger partial charge in [-0.1, -0.05) is 52.8 Å². The summed E-state index contributed by atoms with van der Waals surface area (Å²) in [5.41, 5.74) is 4.89. The molecule has 2 atom stereocenters. The lowest BCUT2D eigenvalue weighted by molar-refractivity contribution is -0.124. The van der Waals surface area contributed by atoms with E-state index in [2.05, 4.69) is 44.0 Å². The molecule has 2 aliphatic rings. The Morgan fingerprint density at radius 2 is 2.00 bits per heavy atom. The number of rotatable bonds is 7. The number of anilines is 1. The second-order valence-corrected chi connectivity index (χ2v) is 13.5.